The van der Waals surface area contributed by atoms with Gasteiger partial charge in [0.25, 0.3) is 5.91 Å². The van der Waals surface area contributed by atoms with E-state index >= 15 is 0 Å². The van der Waals surface area contributed by atoms with E-state index in [1.165, 1.54) is 0 Å². The summed E-state index contributed by atoms with van der Waals surface area (Å²) in [7, 11) is 1.60. The quantitative estimate of drug-likeness (QED) is 0.239. The number of carbonyl (C=O) groups excluding carboxylic acids is 2. The highest BCUT2D eigenvalue weighted by molar-refractivity contribution is 6.07. The minimum Gasteiger partial charge on any atom is -0.497 e. The SMILES string of the molecule is COc1ccc(N(Cc2ccc(C(N)=NC(=O)OCc3ccccc3)cc2)C(=O)c2cc(C)[nH]c2C)cc1. The van der Waals surface area contributed by atoms with Crippen LogP contribution in [0.1, 0.15) is 38.4 Å². The van der Waals surface area contributed by atoms with Gasteiger partial charge in [0.2, 0.25) is 0 Å². The number of amidine groups is 1. The van der Waals surface area contributed by atoms with E-state index in [1.54, 1.807) is 24.1 Å². The Morgan fingerprint density at radius 3 is 2.21 bits per heavy atom. The van der Waals surface area contributed by atoms with Crippen LogP contribution >= 0.6 is 0 Å². The van der Waals surface area contributed by atoms with Gasteiger partial charge in [-0.15, -0.1) is 0 Å². The summed E-state index contributed by atoms with van der Waals surface area (Å²) in [6, 6.07) is 25.8. The van der Waals surface area contributed by atoms with Crippen molar-refractivity contribution >= 4 is 23.5 Å². The number of aromatic amines is 1. The van der Waals surface area contributed by atoms with E-state index in [2.05, 4.69) is 9.98 Å². The predicted molar refractivity (Wildman–Crippen MR) is 148 cm³/mol. The Hall–Kier alpha value is -4.85. The summed E-state index contributed by atoms with van der Waals surface area (Å²) < 4.78 is 10.5. The maximum atomic E-state index is 13.6. The van der Waals surface area contributed by atoms with Crippen LogP contribution in [0.4, 0.5) is 10.5 Å². The van der Waals surface area contributed by atoms with Gasteiger partial charge >= 0.3 is 6.09 Å². The number of methoxy groups -OCH3 is 1. The van der Waals surface area contributed by atoms with Crippen LogP contribution in [-0.2, 0) is 17.9 Å². The lowest BCUT2D eigenvalue weighted by molar-refractivity contribution is 0.0984. The summed E-state index contributed by atoms with van der Waals surface area (Å²) in [4.78, 5) is 34.5. The number of hydrogen-bond donors (Lipinski definition) is 2. The molecule has 4 rings (SSSR count). The summed E-state index contributed by atoms with van der Waals surface area (Å²) in [6.07, 6.45) is -0.760. The number of H-pyrrole nitrogens is 1. The summed E-state index contributed by atoms with van der Waals surface area (Å²) in [5, 5.41) is 0. The molecule has 2 amide bonds. The van der Waals surface area contributed by atoms with Crippen LogP contribution in [0.25, 0.3) is 0 Å². The van der Waals surface area contributed by atoms with E-state index < -0.39 is 6.09 Å². The second-order valence-corrected chi connectivity index (χ2v) is 8.81. The number of nitrogens with one attached hydrogen (secondary N) is 1. The first kappa shape index (κ1) is 26.2. The minimum absolute atomic E-state index is 0.0520. The number of anilines is 1. The number of benzene rings is 3. The normalized spacial score (nSPS) is 11.2. The van der Waals surface area contributed by atoms with Crippen molar-refractivity contribution in [3.8, 4) is 5.75 Å². The highest BCUT2D eigenvalue weighted by Gasteiger charge is 2.21. The first-order valence-corrected chi connectivity index (χ1v) is 12.1. The second-order valence-electron chi connectivity index (χ2n) is 8.81. The smallest absolute Gasteiger partial charge is 0.435 e. The lowest BCUT2D eigenvalue weighted by atomic mass is 10.1. The van der Waals surface area contributed by atoms with Crippen molar-refractivity contribution in [2.75, 3.05) is 12.0 Å². The molecular weight excluding hydrogens is 480 g/mol. The van der Waals surface area contributed by atoms with Crippen molar-refractivity contribution < 1.29 is 19.1 Å². The Morgan fingerprint density at radius 1 is 0.921 bits per heavy atom. The fourth-order valence-corrected chi connectivity index (χ4v) is 4.01. The fourth-order valence-electron chi connectivity index (χ4n) is 4.01. The molecule has 38 heavy (non-hydrogen) atoms. The molecule has 0 aliphatic rings. The van der Waals surface area contributed by atoms with Gasteiger partial charge in [0.15, 0.2) is 0 Å². The molecule has 0 aliphatic heterocycles. The molecule has 0 unspecified atom stereocenters. The second kappa shape index (κ2) is 11.9. The third kappa shape index (κ3) is 6.47. The molecule has 4 aromatic rings. The van der Waals surface area contributed by atoms with Gasteiger partial charge in [-0.25, -0.2) is 4.79 Å². The molecule has 1 heterocycles. The Kier molecular flexibility index (Phi) is 8.23. The number of ether oxygens (including phenoxy) is 2. The lowest BCUT2D eigenvalue weighted by Gasteiger charge is -2.23. The van der Waals surface area contributed by atoms with Crippen LogP contribution in [0.5, 0.6) is 5.75 Å². The van der Waals surface area contributed by atoms with E-state index in [9.17, 15) is 9.59 Å². The van der Waals surface area contributed by atoms with Crippen molar-refractivity contribution in [3.63, 3.8) is 0 Å². The molecule has 3 N–H and O–H groups in total. The summed E-state index contributed by atoms with van der Waals surface area (Å²) in [6.45, 7) is 4.24. The molecule has 0 bridgehead atoms. The monoisotopic (exact) mass is 510 g/mol. The molecule has 0 saturated heterocycles. The number of aromatic nitrogens is 1. The third-order valence-corrected chi connectivity index (χ3v) is 6.02. The molecule has 194 valence electrons. The molecule has 1 aromatic heterocycles. The van der Waals surface area contributed by atoms with Gasteiger partial charge in [0.05, 0.1) is 19.2 Å². The fraction of sp³-hybridized carbons (Fsp3) is 0.167. The Labute approximate surface area is 221 Å². The zero-order valence-corrected chi connectivity index (χ0v) is 21.6. The highest BCUT2D eigenvalue weighted by atomic mass is 16.5. The van der Waals surface area contributed by atoms with Crippen LogP contribution in [-0.4, -0.2) is 29.9 Å². The molecule has 0 fully saturated rings. The van der Waals surface area contributed by atoms with Gasteiger partial charge in [-0.05, 0) is 55.3 Å². The van der Waals surface area contributed by atoms with Crippen LogP contribution in [0.15, 0.2) is 89.9 Å². The number of carbonyl (C=O) groups is 2. The van der Waals surface area contributed by atoms with E-state index in [1.807, 2.05) is 86.6 Å². The van der Waals surface area contributed by atoms with Gasteiger partial charge in [-0.3, -0.25) is 4.79 Å². The van der Waals surface area contributed by atoms with Crippen molar-refractivity contribution in [1.29, 1.82) is 0 Å². The van der Waals surface area contributed by atoms with Crippen molar-refractivity contribution in [1.82, 2.24) is 4.98 Å². The first-order valence-electron chi connectivity index (χ1n) is 12.1. The molecular formula is C30H30N4O4. The maximum absolute atomic E-state index is 13.6. The molecule has 0 atom stereocenters. The highest BCUT2D eigenvalue weighted by Crippen LogP contribution is 2.25. The zero-order chi connectivity index (χ0) is 27.1. The molecule has 8 heteroatoms. The Balaban J connectivity index is 1.50. The van der Waals surface area contributed by atoms with Crippen molar-refractivity contribution in [2.24, 2.45) is 10.7 Å². The van der Waals surface area contributed by atoms with E-state index in [0.29, 0.717) is 23.4 Å². The molecule has 3 aromatic carbocycles. The van der Waals surface area contributed by atoms with Gasteiger partial charge in [-0.2, -0.15) is 4.99 Å². The van der Waals surface area contributed by atoms with E-state index in [4.69, 9.17) is 15.2 Å². The van der Waals surface area contributed by atoms with Gasteiger partial charge in [0.1, 0.15) is 18.2 Å². The van der Waals surface area contributed by atoms with E-state index in [0.717, 1.165) is 28.2 Å². The zero-order valence-electron chi connectivity index (χ0n) is 21.6. The average Bonchev–Trinajstić information content (AvgIpc) is 3.28. The minimum atomic E-state index is -0.760. The predicted octanol–water partition coefficient (Wildman–Crippen LogP) is 5.53. The van der Waals surface area contributed by atoms with Crippen LogP contribution in [0, 0.1) is 13.8 Å². The van der Waals surface area contributed by atoms with Crippen LogP contribution in [0.2, 0.25) is 0 Å². The number of nitrogens with two attached hydrogens (primary N) is 1. The number of aryl methyl sites for hydroxylation is 2. The van der Waals surface area contributed by atoms with E-state index in [-0.39, 0.29) is 18.3 Å². The van der Waals surface area contributed by atoms with Gasteiger partial charge in [0, 0.05) is 22.6 Å². The molecule has 0 aliphatic carbocycles. The summed E-state index contributed by atoms with van der Waals surface area (Å²) in [5.41, 5.74) is 11.4. The summed E-state index contributed by atoms with van der Waals surface area (Å²) >= 11 is 0. The first-order chi connectivity index (χ1) is 18.3. The largest absolute Gasteiger partial charge is 0.497 e. The Morgan fingerprint density at radius 2 is 1.61 bits per heavy atom. The lowest BCUT2D eigenvalue weighted by Crippen LogP contribution is -2.30. The molecule has 8 nitrogen and oxygen atoms in total. The number of amides is 2. The Bertz CT molecular complexity index is 1430. The number of rotatable bonds is 8. The molecule has 0 radical (unpaired) electrons. The van der Waals surface area contributed by atoms with Crippen LogP contribution < -0.4 is 15.4 Å². The van der Waals surface area contributed by atoms with Gasteiger partial charge < -0.3 is 25.1 Å². The summed E-state index contributed by atoms with van der Waals surface area (Å²) in [5.74, 6) is 0.635. The van der Waals surface area contributed by atoms with Crippen molar-refractivity contribution in [3.05, 3.63) is 119 Å². The topological polar surface area (TPSA) is 110 Å². The third-order valence-electron chi connectivity index (χ3n) is 6.02. The average molecular weight is 511 g/mol. The molecule has 0 saturated carbocycles. The molecule has 0 spiro atoms. The standard InChI is InChI=1S/C30H30N4O4/c1-20-17-27(21(2)32-20)29(35)34(25-13-15-26(37-3)16-14-25)18-22-9-11-24(12-10-22)28(31)33-30(36)38-19-23-7-5-4-6-8-23/h4-17,32H,18-19H2,1-3H3,(H2,31,33,36). The number of aliphatic imine (C=N–C) groups is 1. The van der Waals surface area contributed by atoms with Gasteiger partial charge in [-0.1, -0.05) is 54.6 Å². The van der Waals surface area contributed by atoms with Crippen LogP contribution in [0.3, 0.4) is 0 Å². The number of hydrogen-bond acceptors (Lipinski definition) is 4. The number of nitrogens with zero attached hydrogens (tertiary/aromatic N) is 2. The maximum Gasteiger partial charge on any atom is 0.435 e. The van der Waals surface area contributed by atoms with Crippen molar-refractivity contribution in [2.45, 2.75) is 27.0 Å².